The molecule has 1 heterocycles. The molecule has 1 aliphatic rings. The van der Waals surface area contributed by atoms with Crippen LogP contribution >= 0.6 is 15.9 Å². The maximum atomic E-state index is 13.8. The van der Waals surface area contributed by atoms with Crippen LogP contribution in [0.1, 0.15) is 48.7 Å². The van der Waals surface area contributed by atoms with Crippen molar-refractivity contribution in [2.45, 2.75) is 70.6 Å². The van der Waals surface area contributed by atoms with E-state index in [1.807, 2.05) is 4.57 Å². The number of imidazole rings is 1. The van der Waals surface area contributed by atoms with E-state index in [-0.39, 0.29) is 36.6 Å². The molecule has 0 aliphatic heterocycles. The Hall–Kier alpha value is -2.17. The van der Waals surface area contributed by atoms with Crippen LogP contribution in [0.25, 0.3) is 0 Å². The normalized spacial score (nSPS) is 15.0. The second-order valence-corrected chi connectivity index (χ2v) is 16.6. The van der Waals surface area contributed by atoms with Crippen LogP contribution in [0, 0.1) is 5.82 Å². The van der Waals surface area contributed by atoms with Gasteiger partial charge in [-0.1, -0.05) is 48.4 Å². The average Bonchev–Trinajstić information content (AvgIpc) is 3.43. The van der Waals surface area contributed by atoms with Crippen molar-refractivity contribution in [2.24, 2.45) is 9.98 Å². The van der Waals surface area contributed by atoms with Gasteiger partial charge in [0.2, 0.25) is 0 Å². The molecule has 0 saturated heterocycles. The molecule has 35 heavy (non-hydrogen) atoms. The molecule has 1 amide bonds. The highest BCUT2D eigenvalue weighted by atomic mass is 79.9. The lowest BCUT2D eigenvalue weighted by Crippen LogP contribution is -2.33. The highest BCUT2D eigenvalue weighted by molar-refractivity contribution is 9.10. The molecule has 1 fully saturated rings. The molecule has 0 unspecified atom stereocenters. The number of aliphatic imine (C=N–C) groups is 2. The van der Waals surface area contributed by atoms with E-state index in [4.69, 9.17) is 9.72 Å². The van der Waals surface area contributed by atoms with Gasteiger partial charge in [0.1, 0.15) is 29.8 Å². The first kappa shape index (κ1) is 27.4. The van der Waals surface area contributed by atoms with Crippen molar-refractivity contribution in [3.8, 4) is 0 Å². The third-order valence-electron chi connectivity index (χ3n) is 6.10. The van der Waals surface area contributed by atoms with E-state index < -0.39 is 8.07 Å². The second kappa shape index (κ2) is 12.2. The number of carbonyl (C=O) groups is 1. The number of ether oxygens (including phenoxy) is 1. The zero-order valence-corrected chi connectivity index (χ0v) is 23.6. The number of hydrogen-bond donors (Lipinski definition) is 1. The van der Waals surface area contributed by atoms with E-state index in [9.17, 15) is 9.18 Å². The molecule has 0 atom stereocenters. The molecule has 0 spiro atoms. The highest BCUT2D eigenvalue weighted by Crippen LogP contribution is 2.36. The minimum Gasteiger partial charge on any atom is -0.361 e. The number of amides is 1. The van der Waals surface area contributed by atoms with Crippen LogP contribution in [0.3, 0.4) is 0 Å². The lowest BCUT2D eigenvalue weighted by molar-refractivity contribution is -0.114. The van der Waals surface area contributed by atoms with Crippen molar-refractivity contribution >= 4 is 48.2 Å². The molecule has 7 nitrogen and oxygen atoms in total. The predicted molar refractivity (Wildman–Crippen MR) is 145 cm³/mol. The Morgan fingerprint density at radius 2 is 2.03 bits per heavy atom. The summed E-state index contributed by atoms with van der Waals surface area (Å²) in [5.74, 6) is 0.774. The third kappa shape index (κ3) is 7.41. The minimum absolute atomic E-state index is 0.154. The maximum Gasteiger partial charge on any atom is 0.272 e. The Kier molecular flexibility index (Phi) is 9.54. The van der Waals surface area contributed by atoms with Gasteiger partial charge >= 0.3 is 0 Å². The van der Waals surface area contributed by atoms with Crippen LogP contribution in [-0.4, -0.2) is 49.6 Å². The summed E-state index contributed by atoms with van der Waals surface area (Å²) in [7, 11) is 0.325. The molecule has 2 aromatic rings. The Morgan fingerprint density at radius 3 is 2.63 bits per heavy atom. The molecule has 190 valence electrons. The van der Waals surface area contributed by atoms with Crippen LogP contribution < -0.4 is 5.32 Å². The lowest BCUT2D eigenvalue weighted by Gasteiger charge is -2.19. The van der Waals surface area contributed by atoms with Crippen LogP contribution in [0.2, 0.25) is 25.7 Å². The van der Waals surface area contributed by atoms with Gasteiger partial charge in [0.15, 0.2) is 5.82 Å². The van der Waals surface area contributed by atoms with Crippen molar-refractivity contribution in [1.29, 1.82) is 0 Å². The predicted octanol–water partition coefficient (Wildman–Crippen LogP) is 5.82. The van der Waals surface area contributed by atoms with Gasteiger partial charge in [-0.25, -0.2) is 14.4 Å². The summed E-state index contributed by atoms with van der Waals surface area (Å²) < 4.78 is 22.4. The van der Waals surface area contributed by atoms with E-state index in [1.54, 1.807) is 13.1 Å². The summed E-state index contributed by atoms with van der Waals surface area (Å²) in [5.41, 5.74) is 1.35. The Balaban J connectivity index is 1.88. The number of carbonyl (C=O) groups excluding carboxylic acids is 1. The molecule has 1 aromatic heterocycles. The van der Waals surface area contributed by atoms with E-state index in [0.717, 1.165) is 37.6 Å². The first-order valence-electron chi connectivity index (χ1n) is 12.0. The molecule has 1 aromatic carbocycles. The van der Waals surface area contributed by atoms with E-state index in [1.165, 1.54) is 12.1 Å². The Bertz CT molecular complexity index is 1070. The van der Waals surface area contributed by atoms with Crippen LogP contribution in [0.5, 0.6) is 0 Å². The highest BCUT2D eigenvalue weighted by Gasteiger charge is 2.30. The van der Waals surface area contributed by atoms with Gasteiger partial charge in [-0.3, -0.25) is 9.79 Å². The van der Waals surface area contributed by atoms with Crippen LogP contribution in [0.15, 0.2) is 32.7 Å². The van der Waals surface area contributed by atoms with Crippen molar-refractivity contribution in [1.82, 2.24) is 14.9 Å². The van der Waals surface area contributed by atoms with Gasteiger partial charge in [0.25, 0.3) is 5.91 Å². The first-order chi connectivity index (χ1) is 16.6. The van der Waals surface area contributed by atoms with Crippen LogP contribution in [0.4, 0.5) is 10.2 Å². The van der Waals surface area contributed by atoms with Gasteiger partial charge in [-0.05, 0) is 49.4 Å². The summed E-state index contributed by atoms with van der Waals surface area (Å²) in [6.07, 6.45) is 4.39. The van der Waals surface area contributed by atoms with Gasteiger partial charge in [0.05, 0.1) is 0 Å². The first-order valence-corrected chi connectivity index (χ1v) is 16.5. The van der Waals surface area contributed by atoms with E-state index >= 15 is 0 Å². The molecular formula is C25H35BrFN5O2Si. The molecule has 1 N–H and O–H groups in total. The van der Waals surface area contributed by atoms with E-state index in [0.29, 0.717) is 28.2 Å². The molecular weight excluding hydrogens is 529 g/mol. The number of nitrogens with zero attached hydrogens (tertiary/aromatic N) is 4. The summed E-state index contributed by atoms with van der Waals surface area (Å²) in [4.78, 5) is 26.5. The van der Waals surface area contributed by atoms with Crippen molar-refractivity contribution < 1.29 is 13.9 Å². The minimum atomic E-state index is -1.24. The van der Waals surface area contributed by atoms with Gasteiger partial charge in [-0.15, -0.1) is 0 Å². The Morgan fingerprint density at radius 1 is 1.31 bits per heavy atom. The fraction of sp³-hybridized carbons (Fsp3) is 0.520. The number of nitrogens with one attached hydrogen (secondary N) is 1. The fourth-order valence-corrected chi connectivity index (χ4v) is 5.53. The van der Waals surface area contributed by atoms with Crippen molar-refractivity contribution in [3.63, 3.8) is 0 Å². The molecule has 1 saturated carbocycles. The average molecular weight is 565 g/mol. The monoisotopic (exact) mass is 563 g/mol. The van der Waals surface area contributed by atoms with Crippen LogP contribution in [-0.2, 0) is 22.8 Å². The van der Waals surface area contributed by atoms with Gasteiger partial charge < -0.3 is 14.6 Å². The molecule has 3 rings (SSSR count). The number of halogens is 2. The van der Waals surface area contributed by atoms with Crippen molar-refractivity contribution in [3.05, 3.63) is 45.6 Å². The molecule has 0 bridgehead atoms. The quantitative estimate of drug-likeness (QED) is 0.212. The Labute approximate surface area is 216 Å². The smallest absolute Gasteiger partial charge is 0.272 e. The molecule has 1 aliphatic carbocycles. The van der Waals surface area contributed by atoms with Gasteiger partial charge in [0, 0.05) is 38.7 Å². The number of hydrogen-bond acceptors (Lipinski definition) is 5. The second-order valence-electron chi connectivity index (χ2n) is 10.1. The zero-order chi connectivity index (χ0) is 25.6. The third-order valence-corrected chi connectivity index (χ3v) is 8.27. The maximum absolute atomic E-state index is 13.8. The summed E-state index contributed by atoms with van der Waals surface area (Å²) >= 11 is 3.29. The number of aromatic nitrogens is 2. The molecule has 10 heteroatoms. The van der Waals surface area contributed by atoms with Crippen molar-refractivity contribution in [2.75, 3.05) is 13.7 Å². The SMILES string of the molecule is C=Nc1nc(C2CCCC2)n(COCC[Si](C)(C)C)c1C(=NC)C(=O)NCc1cc(F)cc(Br)c1. The zero-order valence-electron chi connectivity index (χ0n) is 21.0. The van der Waals surface area contributed by atoms with Gasteiger partial charge in [-0.2, -0.15) is 0 Å². The standard InChI is InChI=1S/C25H35BrFN5O2Si/c1-28-21(25(33)30-15-17-12-19(26)14-20(27)13-17)22-23(29-2)31-24(18-8-6-7-9-18)32(22)16-34-10-11-35(3,4)5/h12-14,18H,2,6-11,15-16H2,1,3-5H3,(H,30,33). The summed E-state index contributed by atoms with van der Waals surface area (Å²) in [6, 6.07) is 5.56. The topological polar surface area (TPSA) is 80.9 Å². The number of benzene rings is 1. The fourth-order valence-electron chi connectivity index (χ4n) is 4.26. The summed E-state index contributed by atoms with van der Waals surface area (Å²) in [5, 5.41) is 2.85. The van der Waals surface area contributed by atoms with E-state index in [2.05, 4.69) is 57.6 Å². The molecule has 0 radical (unpaired) electrons. The summed E-state index contributed by atoms with van der Waals surface area (Å²) in [6.45, 7) is 11.7. The number of rotatable bonds is 11. The largest absolute Gasteiger partial charge is 0.361 e. The lowest BCUT2D eigenvalue weighted by atomic mass is 10.1.